The molecule has 130 valence electrons. The molecule has 6 heteroatoms. The van der Waals surface area contributed by atoms with Gasteiger partial charge in [-0.15, -0.1) is 0 Å². The molecule has 6 nitrogen and oxygen atoms in total. The van der Waals surface area contributed by atoms with Crippen LogP contribution in [0, 0.1) is 6.92 Å². The molecule has 2 aromatic carbocycles. The number of fused-ring (bicyclic) bond motifs is 1. The third-order valence-corrected chi connectivity index (χ3v) is 3.84. The molecule has 1 aliphatic rings. The molecule has 0 radical (unpaired) electrons. The predicted molar refractivity (Wildman–Crippen MR) is 90.5 cm³/mol. The van der Waals surface area contributed by atoms with Gasteiger partial charge in [-0.05, 0) is 43.7 Å². The number of aryl methyl sites for hydroxylation is 1. The van der Waals surface area contributed by atoms with E-state index in [2.05, 4.69) is 5.32 Å². The van der Waals surface area contributed by atoms with Crippen LogP contribution in [0.25, 0.3) is 0 Å². The molecule has 3 rings (SSSR count). The van der Waals surface area contributed by atoms with Gasteiger partial charge in [0, 0.05) is 6.54 Å². The van der Waals surface area contributed by atoms with Gasteiger partial charge in [-0.3, -0.25) is 4.79 Å². The maximum Gasteiger partial charge on any atom is 0.338 e. The first kappa shape index (κ1) is 16.8. The Bertz CT molecular complexity index is 785. The second-order valence-corrected chi connectivity index (χ2v) is 5.82. The van der Waals surface area contributed by atoms with E-state index in [1.807, 2.05) is 31.2 Å². The van der Waals surface area contributed by atoms with E-state index in [9.17, 15) is 9.59 Å². The summed E-state index contributed by atoms with van der Waals surface area (Å²) in [6.45, 7) is 3.99. The number of esters is 1. The Hall–Kier alpha value is -3.02. The van der Waals surface area contributed by atoms with Crippen molar-refractivity contribution in [3.8, 4) is 11.5 Å². The molecule has 1 unspecified atom stereocenters. The Morgan fingerprint density at radius 1 is 1.12 bits per heavy atom. The second kappa shape index (κ2) is 7.25. The number of benzene rings is 2. The van der Waals surface area contributed by atoms with Gasteiger partial charge in [0.25, 0.3) is 5.91 Å². The largest absolute Gasteiger partial charge is 0.454 e. The summed E-state index contributed by atoms with van der Waals surface area (Å²) in [6, 6.07) is 12.4. The van der Waals surface area contributed by atoms with Gasteiger partial charge in [0.15, 0.2) is 17.6 Å². The van der Waals surface area contributed by atoms with Gasteiger partial charge in [0.05, 0.1) is 5.56 Å². The van der Waals surface area contributed by atoms with E-state index in [0.29, 0.717) is 23.6 Å². The summed E-state index contributed by atoms with van der Waals surface area (Å²) in [7, 11) is 0. The van der Waals surface area contributed by atoms with Crippen LogP contribution in [0.4, 0.5) is 0 Å². The van der Waals surface area contributed by atoms with E-state index in [4.69, 9.17) is 14.2 Å². The van der Waals surface area contributed by atoms with Crippen molar-refractivity contribution in [2.24, 2.45) is 0 Å². The molecular formula is C19H19NO5. The molecule has 1 N–H and O–H groups in total. The number of carbonyl (C=O) groups is 2. The molecule has 1 aliphatic heterocycles. The summed E-state index contributed by atoms with van der Waals surface area (Å²) in [6.07, 6.45) is -0.886. The van der Waals surface area contributed by atoms with Crippen molar-refractivity contribution in [2.75, 3.05) is 6.79 Å². The number of ether oxygens (including phenoxy) is 3. The van der Waals surface area contributed by atoms with Crippen molar-refractivity contribution in [2.45, 2.75) is 26.5 Å². The van der Waals surface area contributed by atoms with E-state index < -0.39 is 12.1 Å². The molecule has 25 heavy (non-hydrogen) atoms. The van der Waals surface area contributed by atoms with E-state index in [1.165, 1.54) is 0 Å². The zero-order valence-electron chi connectivity index (χ0n) is 14.1. The molecule has 1 amide bonds. The lowest BCUT2D eigenvalue weighted by molar-refractivity contribution is -0.129. The molecule has 1 heterocycles. The smallest absolute Gasteiger partial charge is 0.338 e. The lowest BCUT2D eigenvalue weighted by Crippen LogP contribution is -2.35. The zero-order chi connectivity index (χ0) is 17.8. The average Bonchev–Trinajstić information content (AvgIpc) is 3.07. The van der Waals surface area contributed by atoms with Crippen molar-refractivity contribution in [3.63, 3.8) is 0 Å². The monoisotopic (exact) mass is 341 g/mol. The predicted octanol–water partition coefficient (Wildman–Crippen LogP) is 2.59. The van der Waals surface area contributed by atoms with E-state index in [0.717, 1.165) is 11.1 Å². The topological polar surface area (TPSA) is 73.9 Å². The standard InChI is InChI=1S/C19H19NO5/c1-12-3-6-15(7-4-12)19(22)25-13(2)18(21)20-10-14-5-8-16-17(9-14)24-11-23-16/h3-9,13H,10-11H2,1-2H3,(H,20,21). The molecule has 0 aromatic heterocycles. The van der Waals surface area contributed by atoms with Crippen LogP contribution in [-0.4, -0.2) is 24.8 Å². The summed E-state index contributed by atoms with van der Waals surface area (Å²) in [5.74, 6) is 0.463. The Morgan fingerprint density at radius 2 is 1.84 bits per heavy atom. The number of rotatable bonds is 5. The maximum atomic E-state index is 12.1. The SMILES string of the molecule is Cc1ccc(C(=O)OC(C)C(=O)NCc2ccc3c(c2)OCO3)cc1. The number of carbonyl (C=O) groups excluding carboxylic acids is 2. The van der Waals surface area contributed by atoms with Gasteiger partial charge in [-0.1, -0.05) is 23.8 Å². The van der Waals surface area contributed by atoms with Crippen LogP contribution in [0.3, 0.4) is 0 Å². The quantitative estimate of drug-likeness (QED) is 0.846. The van der Waals surface area contributed by atoms with Gasteiger partial charge in [-0.25, -0.2) is 4.79 Å². The van der Waals surface area contributed by atoms with Crippen LogP contribution in [0.5, 0.6) is 11.5 Å². The lowest BCUT2D eigenvalue weighted by Gasteiger charge is -2.14. The highest BCUT2D eigenvalue weighted by Gasteiger charge is 2.19. The highest BCUT2D eigenvalue weighted by atomic mass is 16.7. The Labute approximate surface area is 145 Å². The number of hydrogen-bond acceptors (Lipinski definition) is 5. The normalized spacial score (nSPS) is 13.2. The molecule has 1 atom stereocenters. The highest BCUT2D eigenvalue weighted by Crippen LogP contribution is 2.32. The lowest BCUT2D eigenvalue weighted by atomic mass is 10.1. The molecule has 0 fully saturated rings. The van der Waals surface area contributed by atoms with E-state index in [1.54, 1.807) is 25.1 Å². The van der Waals surface area contributed by atoms with Crippen LogP contribution in [0.2, 0.25) is 0 Å². The van der Waals surface area contributed by atoms with Crippen LogP contribution in [0.15, 0.2) is 42.5 Å². The first-order chi connectivity index (χ1) is 12.0. The van der Waals surface area contributed by atoms with Crippen LogP contribution in [0.1, 0.15) is 28.4 Å². The minimum atomic E-state index is -0.886. The highest BCUT2D eigenvalue weighted by molar-refractivity contribution is 5.92. The molecule has 0 spiro atoms. The molecule has 0 saturated carbocycles. The van der Waals surface area contributed by atoms with Gasteiger partial charge in [0.2, 0.25) is 6.79 Å². The number of nitrogens with one attached hydrogen (secondary N) is 1. The first-order valence-electron chi connectivity index (χ1n) is 7.97. The van der Waals surface area contributed by atoms with Crippen molar-refractivity contribution in [1.82, 2.24) is 5.32 Å². The van der Waals surface area contributed by atoms with Gasteiger partial charge >= 0.3 is 5.97 Å². The fraction of sp³-hybridized carbons (Fsp3) is 0.263. The Kier molecular flexibility index (Phi) is 4.88. The Balaban J connectivity index is 1.52. The molecule has 0 saturated heterocycles. The van der Waals surface area contributed by atoms with E-state index in [-0.39, 0.29) is 12.7 Å². The number of hydrogen-bond donors (Lipinski definition) is 1. The summed E-state index contributed by atoms with van der Waals surface area (Å²) in [5, 5.41) is 2.74. The van der Waals surface area contributed by atoms with Crippen molar-refractivity contribution < 1.29 is 23.8 Å². The minimum absolute atomic E-state index is 0.205. The van der Waals surface area contributed by atoms with Crippen LogP contribution < -0.4 is 14.8 Å². The third kappa shape index (κ3) is 4.09. The Morgan fingerprint density at radius 3 is 2.60 bits per heavy atom. The fourth-order valence-electron chi connectivity index (χ4n) is 2.36. The van der Waals surface area contributed by atoms with Crippen molar-refractivity contribution in [1.29, 1.82) is 0 Å². The minimum Gasteiger partial charge on any atom is -0.454 e. The third-order valence-electron chi connectivity index (χ3n) is 3.84. The van der Waals surface area contributed by atoms with Crippen molar-refractivity contribution >= 4 is 11.9 Å². The van der Waals surface area contributed by atoms with Gasteiger partial charge < -0.3 is 19.5 Å². The molecule has 0 aliphatic carbocycles. The van der Waals surface area contributed by atoms with Crippen LogP contribution >= 0.6 is 0 Å². The van der Waals surface area contributed by atoms with Crippen LogP contribution in [-0.2, 0) is 16.1 Å². The van der Waals surface area contributed by atoms with Gasteiger partial charge in [-0.2, -0.15) is 0 Å². The van der Waals surface area contributed by atoms with Gasteiger partial charge in [0.1, 0.15) is 0 Å². The molecule has 2 aromatic rings. The average molecular weight is 341 g/mol. The first-order valence-corrected chi connectivity index (χ1v) is 7.97. The molecule has 0 bridgehead atoms. The maximum absolute atomic E-state index is 12.1. The summed E-state index contributed by atoms with van der Waals surface area (Å²) in [5.41, 5.74) is 2.33. The van der Waals surface area contributed by atoms with E-state index >= 15 is 0 Å². The summed E-state index contributed by atoms with van der Waals surface area (Å²) >= 11 is 0. The second-order valence-electron chi connectivity index (χ2n) is 5.82. The zero-order valence-corrected chi connectivity index (χ0v) is 14.1. The molecular weight excluding hydrogens is 322 g/mol. The fourth-order valence-corrected chi connectivity index (χ4v) is 2.36. The van der Waals surface area contributed by atoms with Crippen molar-refractivity contribution in [3.05, 3.63) is 59.2 Å². The summed E-state index contributed by atoms with van der Waals surface area (Å²) < 4.78 is 15.7. The summed E-state index contributed by atoms with van der Waals surface area (Å²) in [4.78, 5) is 24.2. The number of amides is 1.